The van der Waals surface area contributed by atoms with Gasteiger partial charge in [0.15, 0.2) is 28.2 Å². The summed E-state index contributed by atoms with van der Waals surface area (Å²) in [6.07, 6.45) is 19.9. The van der Waals surface area contributed by atoms with Crippen LogP contribution in [0.3, 0.4) is 0 Å². The van der Waals surface area contributed by atoms with Crippen molar-refractivity contribution in [2.75, 3.05) is 44.3 Å². The van der Waals surface area contributed by atoms with Crippen LogP contribution in [-0.4, -0.2) is 59.6 Å². The molecule has 1 aliphatic rings. The fraction of sp³-hybridized carbons (Fsp3) is 0.385. The van der Waals surface area contributed by atoms with E-state index in [0.717, 1.165) is 110 Å². The van der Waals surface area contributed by atoms with Gasteiger partial charge in [0.25, 0.3) is 0 Å². The largest absolute Gasteiger partial charge is 0.491 e. The number of nitrogens with zero attached hydrogens (tertiary/aromatic N) is 10. The van der Waals surface area contributed by atoms with Crippen molar-refractivity contribution in [3.63, 3.8) is 0 Å². The van der Waals surface area contributed by atoms with Crippen LogP contribution in [-0.2, 0) is 35.7 Å². The van der Waals surface area contributed by atoms with Gasteiger partial charge < -0.3 is 13.8 Å². The summed E-state index contributed by atoms with van der Waals surface area (Å²) in [5, 5.41) is 26.2. The number of hydrogen-bond acceptors (Lipinski definition) is 17. The molecule has 1 aliphatic heterocycles. The first-order valence-corrected chi connectivity index (χ1v) is 38.3. The molecule has 8 aromatic rings. The number of aryl methyl sites for hydroxylation is 3. The first kappa shape index (κ1) is 87.1. The van der Waals surface area contributed by atoms with Crippen LogP contribution >= 0.6 is 12.0 Å². The molecule has 0 radical (unpaired) electrons. The monoisotopic (exact) mass is 1480 g/mol. The minimum absolute atomic E-state index is 0.438. The summed E-state index contributed by atoms with van der Waals surface area (Å²) >= 11 is -1.91. The summed E-state index contributed by atoms with van der Waals surface area (Å²) in [7, 11) is 0. The molecule has 2 unspecified atom stereocenters. The Bertz CT molecular complexity index is 3980. The minimum Gasteiger partial charge on any atom is -0.491 e. The van der Waals surface area contributed by atoms with Crippen LogP contribution in [0.5, 0.6) is 11.5 Å². The van der Waals surface area contributed by atoms with Gasteiger partial charge in [-0.1, -0.05) is 164 Å². The number of rotatable bonds is 36. The van der Waals surface area contributed by atoms with Crippen molar-refractivity contribution in [3.8, 4) is 11.5 Å². The van der Waals surface area contributed by atoms with Crippen LogP contribution in [0.4, 0.5) is 51.2 Å². The molecule has 0 bridgehead atoms. The van der Waals surface area contributed by atoms with Crippen molar-refractivity contribution in [1.82, 2.24) is 5.06 Å². The summed E-state index contributed by atoms with van der Waals surface area (Å²) < 4.78 is 45.9. The third-order valence-corrected chi connectivity index (χ3v) is 18.6. The predicted octanol–water partition coefficient (Wildman–Crippen LogP) is 15.4. The van der Waals surface area contributed by atoms with Crippen LogP contribution in [0.2, 0.25) is 0 Å². The normalized spacial score (nSPS) is 11.8. The summed E-state index contributed by atoms with van der Waals surface area (Å²) in [6.45, 7) is 30.0. The smallest absolute Gasteiger partial charge is 0.240 e. The fourth-order valence-corrected chi connectivity index (χ4v) is 12.3. The maximum atomic E-state index is 12.1. The average molecular weight is 1480 g/mol. The fourth-order valence-electron chi connectivity index (χ4n) is 10.2. The van der Waals surface area contributed by atoms with Gasteiger partial charge in [-0.05, 0) is 211 Å². The van der Waals surface area contributed by atoms with Gasteiger partial charge in [0.05, 0.1) is 42.4 Å². The van der Waals surface area contributed by atoms with Crippen molar-refractivity contribution >= 4 is 103 Å². The second-order valence-electron chi connectivity index (χ2n) is 24.0. The molecule has 0 amide bonds. The number of fused-ring (bicyclic) bond motifs is 1. The maximum Gasteiger partial charge on any atom is 0.240 e. The molecule has 0 aromatic heterocycles. The minimum atomic E-state index is -1.58. The second-order valence-corrected chi connectivity index (χ2v) is 27.0. The quantitative estimate of drug-likeness (QED) is 0.00410. The summed E-state index contributed by atoms with van der Waals surface area (Å²) in [5.74, 6) is 1.19. The van der Waals surface area contributed by atoms with Crippen LogP contribution in [0.15, 0.2) is 214 Å². The Hall–Kier alpha value is -9.33. The van der Waals surface area contributed by atoms with E-state index in [2.05, 4.69) is 110 Å². The van der Waals surface area contributed by atoms with Crippen molar-refractivity contribution in [2.24, 2.45) is 35.7 Å². The molecule has 0 aliphatic carbocycles. The Morgan fingerprint density at radius 2 is 1.08 bits per heavy atom. The van der Waals surface area contributed by atoms with E-state index < -0.39 is 22.2 Å². The van der Waals surface area contributed by atoms with Crippen LogP contribution in [0.25, 0.3) is 15.6 Å². The molecular formula is C78H108N16O7S3+6. The lowest BCUT2D eigenvalue weighted by molar-refractivity contribution is -0.360. The third kappa shape index (κ3) is 32.6. The van der Waals surface area contributed by atoms with E-state index in [1.54, 1.807) is 72.8 Å². The Balaban J connectivity index is 0.000000271. The molecule has 8 aromatic carbocycles. The maximum absolute atomic E-state index is 12.1. The van der Waals surface area contributed by atoms with E-state index in [1.807, 2.05) is 86.5 Å². The number of anilines is 1. The topological polar surface area (TPSA) is 331 Å². The number of ether oxygens (including phenoxy) is 1. The lowest BCUT2D eigenvalue weighted by atomic mass is 10.0. The molecule has 1 saturated heterocycles. The molecule has 2 atom stereocenters. The lowest BCUT2D eigenvalue weighted by Crippen LogP contribution is -2.29. The number of aliphatic imine (C=N–C) groups is 1. The number of hydrogen-bond donors (Lipinski definition) is 6. The lowest BCUT2D eigenvalue weighted by Gasteiger charge is -2.30. The molecule has 1 heterocycles. The number of nitrogens with two attached hydrogens (primary N) is 6. The summed E-state index contributed by atoms with van der Waals surface area (Å²) in [4.78, 5) is 17.0. The molecule has 0 saturated carbocycles. The van der Waals surface area contributed by atoms with Crippen molar-refractivity contribution in [1.29, 1.82) is 0 Å². The van der Waals surface area contributed by atoms with E-state index >= 15 is 0 Å². The highest BCUT2D eigenvalue weighted by Gasteiger charge is 2.17. The van der Waals surface area contributed by atoms with Gasteiger partial charge >= 0.3 is 0 Å². The van der Waals surface area contributed by atoms with Gasteiger partial charge in [-0.25, -0.2) is 13.3 Å². The Kier molecular flexibility index (Phi) is 44.0. The highest BCUT2D eigenvalue weighted by atomic mass is 32.2. The summed E-state index contributed by atoms with van der Waals surface area (Å²) in [6, 6.07) is 50.1. The van der Waals surface area contributed by atoms with Crippen LogP contribution in [0, 0.1) is 27.3 Å². The zero-order valence-electron chi connectivity index (χ0n) is 61.6. The Morgan fingerprint density at radius 3 is 1.67 bits per heavy atom. The average Bonchev–Trinajstić information content (AvgIpc) is 0.791. The Labute approximate surface area is 624 Å². The van der Waals surface area contributed by atoms with Crippen molar-refractivity contribution in [3.05, 3.63) is 192 Å². The van der Waals surface area contributed by atoms with Gasteiger partial charge in [-0.15, -0.1) is 9.32 Å². The second kappa shape index (κ2) is 52.6. The molecule has 104 heavy (non-hydrogen) atoms. The van der Waals surface area contributed by atoms with Crippen molar-refractivity contribution in [2.45, 2.75) is 172 Å². The third-order valence-electron chi connectivity index (χ3n) is 16.0. The first-order valence-electron chi connectivity index (χ1n) is 35.4. The Morgan fingerprint density at radius 1 is 0.529 bits per heavy atom. The molecule has 12 N–H and O–H groups in total. The number of hydroxylamine groups is 2. The zero-order chi connectivity index (χ0) is 75.5. The predicted molar refractivity (Wildman–Crippen MR) is 414 cm³/mol. The number of piperidine rings is 1. The highest BCUT2D eigenvalue weighted by Crippen LogP contribution is 2.36. The number of unbranched alkanes of at least 4 members (excludes halogenated alkanes) is 10. The van der Waals surface area contributed by atoms with Crippen LogP contribution in [0.1, 0.15) is 154 Å². The molecule has 1 fully saturated rings. The van der Waals surface area contributed by atoms with Gasteiger partial charge in [-0.2, -0.15) is 38.2 Å². The van der Waals surface area contributed by atoms with E-state index in [4.69, 9.17) is 62.2 Å². The van der Waals surface area contributed by atoms with E-state index in [9.17, 15) is 8.42 Å². The van der Waals surface area contributed by atoms with Gasteiger partial charge in [0.2, 0.25) is 11.1 Å². The summed E-state index contributed by atoms with van der Waals surface area (Å²) in [5.41, 5.74) is 41.6. The van der Waals surface area contributed by atoms with Crippen molar-refractivity contribution < 1.29 is 64.0 Å². The van der Waals surface area contributed by atoms with E-state index in [-0.39, 0.29) is 0 Å². The molecule has 554 valence electrons. The molecule has 0 spiro atoms. The molecule has 23 nitrogen and oxygen atoms in total. The highest BCUT2D eigenvalue weighted by molar-refractivity contribution is 7.94. The van der Waals surface area contributed by atoms with E-state index in [1.165, 1.54) is 92.9 Å². The molecular weight excluding hydrogens is 1370 g/mol. The van der Waals surface area contributed by atoms with Gasteiger partial charge in [0, 0.05) is 47.5 Å². The SMILES string of the molecule is C=Nc1ccc(N=[NH2+])c(S(=O)OCCCCCCCC)c1.CCCCCCOc1cc(SOON(CCCC)CCCC)ccc1N=[NH2+].Cc1ccc(N=[NH2+])c(C)c1.[C-]#[N+]c1ccc(N=[NH2+])c(C)c1.[NH2+]=Nc1ccc(N2CCCCC2)c2ccccc12.[NH2+]=Nc1ccc(OS(=O)c2ccccc2)cc1. The molecule has 26 heteroatoms. The first-order chi connectivity index (χ1) is 50.7. The van der Waals surface area contributed by atoms with Gasteiger partial charge in [0.1, 0.15) is 39.1 Å². The van der Waals surface area contributed by atoms with E-state index in [0.29, 0.717) is 62.9 Å². The van der Waals surface area contributed by atoms with Crippen LogP contribution < -0.4 is 47.0 Å². The van der Waals surface area contributed by atoms with Gasteiger partial charge in [-0.3, -0.25) is 9.18 Å². The number of benzene rings is 8. The molecule has 9 rings (SSSR count). The standard InChI is InChI=1S/C20H35N3O3S.C15H23N3O2S.C15H17N3.C12H10N2O2S.C8H7N3.C8H10N2/c1-4-7-10-11-16-24-20-17-18(12-13-19(20)22-21)27-26-25-23(14-8-5-2)15-9-6-3;1-3-4-5-6-7-8-11-20-21(19)15-12-13(17-2)9-10-14(15)18-16;16-17-14-8-9-15(18-10-4-1-5-11-18)13-7-3-2-6-12(13)14;13-14-10-6-8-11(9-7-10)16-17(15)12-4-2-1-3-5-12;1-6-5-7(10-2)3-4-8(6)11-9;1-6-3-4-8(10-9)7(2)5-6/h12-13,17,21H,4-11,14-16H2,1-3H3;9-10,12,16H,2-8,11H2,1H3;2-3,6-9,16H,1,4-5,10-11H2;1-9,13H;3-5,9H,1H3;3-5,9H,1-2H3/p+6. The zero-order valence-corrected chi connectivity index (χ0v) is 64.0.